The summed E-state index contributed by atoms with van der Waals surface area (Å²) in [5.41, 5.74) is 1.36. The number of carbonyl (C=O) groups excluding carboxylic acids is 1. The molecule has 1 aliphatic heterocycles. The Morgan fingerprint density at radius 1 is 1.15 bits per heavy atom. The zero-order valence-electron chi connectivity index (χ0n) is 14.2. The van der Waals surface area contributed by atoms with Crippen molar-refractivity contribution in [2.75, 3.05) is 35.9 Å². The summed E-state index contributed by atoms with van der Waals surface area (Å²) in [7, 11) is -3.87. The molecule has 1 aliphatic rings. The molecule has 26 heavy (non-hydrogen) atoms. The third-order valence-corrected chi connectivity index (χ3v) is 5.78. The number of nitrogens with zero attached hydrogens (tertiary/aromatic N) is 1. The molecule has 1 heterocycles. The highest BCUT2D eigenvalue weighted by atomic mass is 35.5. The number of halogens is 1. The van der Waals surface area contributed by atoms with Gasteiger partial charge in [-0.05, 0) is 31.2 Å². The maximum absolute atomic E-state index is 12.8. The quantitative estimate of drug-likeness (QED) is 0.788. The molecule has 1 fully saturated rings. The minimum atomic E-state index is -3.87. The van der Waals surface area contributed by atoms with Gasteiger partial charge >= 0.3 is 0 Å². The van der Waals surface area contributed by atoms with Gasteiger partial charge in [-0.15, -0.1) is 0 Å². The number of sulfonamides is 1. The fourth-order valence-corrected chi connectivity index (χ4v) is 4.20. The van der Waals surface area contributed by atoms with Crippen molar-refractivity contribution < 1.29 is 17.9 Å². The van der Waals surface area contributed by atoms with E-state index in [2.05, 4.69) is 4.72 Å². The van der Waals surface area contributed by atoms with Crippen molar-refractivity contribution in [1.29, 1.82) is 0 Å². The fraction of sp³-hybridized carbons (Fsp3) is 0.278. The van der Waals surface area contributed by atoms with Gasteiger partial charge in [-0.25, -0.2) is 8.42 Å². The maximum Gasteiger partial charge on any atom is 0.261 e. The average molecular weight is 395 g/mol. The lowest BCUT2D eigenvalue weighted by molar-refractivity contribution is 0.101. The predicted molar refractivity (Wildman–Crippen MR) is 102 cm³/mol. The molecule has 2 aromatic carbocycles. The number of morpholine rings is 1. The van der Waals surface area contributed by atoms with E-state index in [0.717, 1.165) is 0 Å². The molecule has 8 heteroatoms. The molecule has 6 nitrogen and oxygen atoms in total. The third-order valence-electron chi connectivity index (χ3n) is 4.11. The smallest absolute Gasteiger partial charge is 0.261 e. The molecule has 1 saturated heterocycles. The molecule has 0 radical (unpaired) electrons. The maximum atomic E-state index is 12.8. The molecule has 0 aromatic heterocycles. The van der Waals surface area contributed by atoms with Crippen LogP contribution in [0.15, 0.2) is 47.4 Å². The zero-order chi connectivity index (χ0) is 18.7. The zero-order valence-corrected chi connectivity index (χ0v) is 15.8. The van der Waals surface area contributed by atoms with E-state index in [9.17, 15) is 13.2 Å². The first-order valence-electron chi connectivity index (χ1n) is 8.13. The first-order valence-corrected chi connectivity index (χ1v) is 9.99. The molecule has 138 valence electrons. The van der Waals surface area contributed by atoms with Gasteiger partial charge < -0.3 is 9.64 Å². The molecular weight excluding hydrogens is 376 g/mol. The summed E-state index contributed by atoms with van der Waals surface area (Å²) < 4.78 is 33.6. The van der Waals surface area contributed by atoms with Gasteiger partial charge in [0.15, 0.2) is 5.78 Å². The van der Waals surface area contributed by atoms with Gasteiger partial charge in [0.2, 0.25) is 0 Å². The monoisotopic (exact) mass is 394 g/mol. The Balaban J connectivity index is 1.96. The van der Waals surface area contributed by atoms with E-state index in [1.807, 2.05) is 4.90 Å². The molecule has 0 unspecified atom stereocenters. The number of Topliss-reactive ketones (excluding diaryl/α,β-unsaturated/α-hetero) is 1. The Morgan fingerprint density at radius 2 is 1.85 bits per heavy atom. The second-order valence-corrected chi connectivity index (χ2v) is 8.01. The fourth-order valence-electron chi connectivity index (χ4n) is 2.79. The number of anilines is 2. The van der Waals surface area contributed by atoms with Crippen LogP contribution in [-0.4, -0.2) is 40.5 Å². The van der Waals surface area contributed by atoms with Crippen molar-refractivity contribution >= 4 is 38.8 Å². The lowest BCUT2D eigenvalue weighted by Crippen LogP contribution is -2.37. The van der Waals surface area contributed by atoms with Gasteiger partial charge in [-0.1, -0.05) is 29.8 Å². The number of rotatable bonds is 5. The Bertz CT molecular complexity index is 925. The Labute approximate surface area is 157 Å². The third kappa shape index (κ3) is 4.00. The molecule has 2 aromatic rings. The van der Waals surface area contributed by atoms with E-state index >= 15 is 0 Å². The Hall–Kier alpha value is -2.09. The normalized spacial score (nSPS) is 14.9. The summed E-state index contributed by atoms with van der Waals surface area (Å²) in [4.78, 5) is 13.6. The van der Waals surface area contributed by atoms with Crippen LogP contribution in [0, 0.1) is 0 Å². The van der Waals surface area contributed by atoms with Crippen molar-refractivity contribution in [3.8, 4) is 0 Å². The highest BCUT2D eigenvalue weighted by Gasteiger charge is 2.22. The second-order valence-electron chi connectivity index (χ2n) is 5.92. The minimum Gasteiger partial charge on any atom is -0.378 e. The largest absolute Gasteiger partial charge is 0.378 e. The van der Waals surface area contributed by atoms with Crippen LogP contribution in [-0.2, 0) is 14.8 Å². The van der Waals surface area contributed by atoms with E-state index in [4.69, 9.17) is 16.3 Å². The molecule has 0 aliphatic carbocycles. The van der Waals surface area contributed by atoms with Crippen molar-refractivity contribution in [1.82, 2.24) is 0 Å². The Morgan fingerprint density at radius 3 is 2.54 bits per heavy atom. The number of nitrogens with one attached hydrogen (secondary N) is 1. The summed E-state index contributed by atoms with van der Waals surface area (Å²) in [6.45, 7) is 3.75. The number of ketones is 1. The molecule has 1 N–H and O–H groups in total. The topological polar surface area (TPSA) is 75.7 Å². The summed E-state index contributed by atoms with van der Waals surface area (Å²) in [6, 6.07) is 11.0. The summed E-state index contributed by atoms with van der Waals surface area (Å²) in [6.07, 6.45) is 0. The van der Waals surface area contributed by atoms with E-state index in [1.165, 1.54) is 19.1 Å². The molecule has 0 amide bonds. The standard InChI is InChI=1S/C18H19ClN2O4S/c1-13(22)14-4-2-5-15(12-14)26(23,24)20-17-7-3-6-16(19)18(17)21-8-10-25-11-9-21/h2-7,12,20H,8-11H2,1H3. The number of benzene rings is 2. The van der Waals surface area contributed by atoms with Gasteiger partial charge in [-0.2, -0.15) is 0 Å². The predicted octanol–water partition coefficient (Wildman–Crippen LogP) is 3.18. The number of para-hydroxylation sites is 1. The van der Waals surface area contributed by atoms with E-state index in [-0.39, 0.29) is 10.7 Å². The summed E-state index contributed by atoms with van der Waals surface area (Å²) in [5, 5.41) is 0.463. The molecule has 0 spiro atoms. The Kier molecular flexibility index (Phi) is 5.50. The van der Waals surface area contributed by atoms with Crippen molar-refractivity contribution in [3.63, 3.8) is 0 Å². The highest BCUT2D eigenvalue weighted by Crippen LogP contribution is 2.35. The SMILES string of the molecule is CC(=O)c1cccc(S(=O)(=O)Nc2cccc(Cl)c2N2CCOCC2)c1. The number of carbonyl (C=O) groups is 1. The number of ether oxygens (including phenoxy) is 1. The van der Waals surface area contributed by atoms with Crippen molar-refractivity contribution in [2.45, 2.75) is 11.8 Å². The van der Waals surface area contributed by atoms with Gasteiger partial charge in [0.05, 0.1) is 34.5 Å². The lowest BCUT2D eigenvalue weighted by Gasteiger charge is -2.31. The van der Waals surface area contributed by atoms with Gasteiger partial charge in [0.25, 0.3) is 10.0 Å². The van der Waals surface area contributed by atoms with Crippen LogP contribution >= 0.6 is 11.6 Å². The minimum absolute atomic E-state index is 0.0260. The number of hydrogen-bond acceptors (Lipinski definition) is 5. The highest BCUT2D eigenvalue weighted by molar-refractivity contribution is 7.92. The summed E-state index contributed by atoms with van der Waals surface area (Å²) in [5.74, 6) is -0.196. The average Bonchev–Trinajstić information content (AvgIpc) is 2.62. The van der Waals surface area contributed by atoms with Crippen LogP contribution in [0.25, 0.3) is 0 Å². The first-order chi connectivity index (χ1) is 12.4. The van der Waals surface area contributed by atoms with Crippen LogP contribution in [0.4, 0.5) is 11.4 Å². The lowest BCUT2D eigenvalue weighted by atomic mass is 10.2. The van der Waals surface area contributed by atoms with Gasteiger partial charge in [-0.3, -0.25) is 9.52 Å². The van der Waals surface area contributed by atoms with Crippen LogP contribution in [0.1, 0.15) is 17.3 Å². The van der Waals surface area contributed by atoms with E-state index in [0.29, 0.717) is 48.3 Å². The molecule has 0 bridgehead atoms. The first kappa shape index (κ1) is 18.7. The molecule has 3 rings (SSSR count). The van der Waals surface area contributed by atoms with E-state index < -0.39 is 10.0 Å². The van der Waals surface area contributed by atoms with Crippen molar-refractivity contribution in [3.05, 3.63) is 53.1 Å². The van der Waals surface area contributed by atoms with Crippen LogP contribution < -0.4 is 9.62 Å². The second kappa shape index (κ2) is 7.65. The van der Waals surface area contributed by atoms with Gasteiger partial charge in [0, 0.05) is 18.7 Å². The number of hydrogen-bond donors (Lipinski definition) is 1. The summed E-state index contributed by atoms with van der Waals surface area (Å²) >= 11 is 6.34. The van der Waals surface area contributed by atoms with E-state index in [1.54, 1.807) is 30.3 Å². The van der Waals surface area contributed by atoms with Crippen LogP contribution in [0.3, 0.4) is 0 Å². The van der Waals surface area contributed by atoms with Crippen LogP contribution in [0.5, 0.6) is 0 Å². The van der Waals surface area contributed by atoms with Crippen molar-refractivity contribution in [2.24, 2.45) is 0 Å². The van der Waals surface area contributed by atoms with Crippen LogP contribution in [0.2, 0.25) is 5.02 Å². The molecule has 0 atom stereocenters. The van der Waals surface area contributed by atoms with Gasteiger partial charge in [0.1, 0.15) is 0 Å². The molecular formula is C18H19ClN2O4S. The molecule has 0 saturated carbocycles.